The van der Waals surface area contributed by atoms with Crippen molar-refractivity contribution in [1.29, 1.82) is 0 Å². The molecule has 1 aliphatic carbocycles. The SMILES string of the molecule is O=C1Cc2nc(-c3c(O)cccc3OCC3CC3)cc([C@@H]3CCCNC3)c2CO1. The van der Waals surface area contributed by atoms with Gasteiger partial charge in [0.05, 0.1) is 30.0 Å². The molecule has 1 atom stereocenters. The Labute approximate surface area is 170 Å². The third kappa shape index (κ3) is 3.81. The second-order valence-corrected chi connectivity index (χ2v) is 8.31. The molecular formula is C23H26N2O4. The molecule has 3 aliphatic rings. The fourth-order valence-corrected chi connectivity index (χ4v) is 4.30. The highest BCUT2D eigenvalue weighted by Crippen LogP contribution is 2.41. The van der Waals surface area contributed by atoms with Crippen molar-refractivity contribution in [3.8, 4) is 22.8 Å². The highest BCUT2D eigenvalue weighted by molar-refractivity contribution is 5.78. The van der Waals surface area contributed by atoms with E-state index in [0.717, 1.165) is 37.2 Å². The minimum Gasteiger partial charge on any atom is -0.507 e. The van der Waals surface area contributed by atoms with E-state index in [0.29, 0.717) is 35.4 Å². The van der Waals surface area contributed by atoms with Crippen LogP contribution in [0.25, 0.3) is 11.3 Å². The monoisotopic (exact) mass is 394 g/mol. The number of phenolic OH excluding ortho intramolecular Hbond substituents is 1. The standard InChI is InChI=1S/C23H26N2O4/c26-20-4-1-5-21(28-12-14-6-7-14)23(20)19-9-16(15-3-2-8-24-11-15)17-13-29-22(27)10-18(17)25-19/h1,4-5,9,14-15,24,26H,2-3,6-8,10-13H2/t15-/m1/s1. The Morgan fingerprint density at radius 3 is 2.97 bits per heavy atom. The molecular weight excluding hydrogens is 368 g/mol. The van der Waals surface area contributed by atoms with Crippen LogP contribution in [0, 0.1) is 5.92 Å². The van der Waals surface area contributed by atoms with Crippen molar-refractivity contribution >= 4 is 5.97 Å². The van der Waals surface area contributed by atoms with E-state index in [4.69, 9.17) is 14.5 Å². The van der Waals surface area contributed by atoms with Crippen LogP contribution in [0.3, 0.4) is 0 Å². The lowest BCUT2D eigenvalue weighted by atomic mass is 9.86. The molecule has 0 unspecified atom stereocenters. The first-order valence-corrected chi connectivity index (χ1v) is 10.5. The zero-order valence-electron chi connectivity index (χ0n) is 16.4. The van der Waals surface area contributed by atoms with Crippen LogP contribution in [0.15, 0.2) is 24.3 Å². The number of aromatic hydroxyl groups is 1. The molecule has 0 bridgehead atoms. The molecule has 6 nitrogen and oxygen atoms in total. The van der Waals surface area contributed by atoms with Crippen molar-refractivity contribution in [2.45, 2.75) is 44.6 Å². The fourth-order valence-electron chi connectivity index (χ4n) is 4.30. The maximum atomic E-state index is 11.9. The number of phenols is 1. The Kier molecular flexibility index (Phi) is 4.87. The van der Waals surface area contributed by atoms with Gasteiger partial charge in [0, 0.05) is 12.1 Å². The number of benzene rings is 1. The first-order valence-electron chi connectivity index (χ1n) is 10.5. The Morgan fingerprint density at radius 1 is 1.28 bits per heavy atom. The van der Waals surface area contributed by atoms with Crippen molar-refractivity contribution < 1.29 is 19.4 Å². The third-order valence-electron chi connectivity index (χ3n) is 6.10. The van der Waals surface area contributed by atoms with Gasteiger partial charge >= 0.3 is 5.97 Å². The summed E-state index contributed by atoms with van der Waals surface area (Å²) in [6, 6.07) is 7.41. The Morgan fingerprint density at radius 2 is 2.17 bits per heavy atom. The van der Waals surface area contributed by atoms with Gasteiger partial charge in [-0.1, -0.05) is 6.07 Å². The molecule has 2 N–H and O–H groups in total. The van der Waals surface area contributed by atoms with Crippen LogP contribution in [0.2, 0.25) is 0 Å². The molecule has 5 rings (SSSR count). The van der Waals surface area contributed by atoms with Gasteiger partial charge in [0.15, 0.2) is 0 Å². The number of nitrogens with one attached hydrogen (secondary N) is 1. The Bertz CT molecular complexity index is 933. The minimum atomic E-state index is -0.252. The molecule has 0 amide bonds. The number of aromatic nitrogens is 1. The van der Waals surface area contributed by atoms with Crippen LogP contribution in [0.1, 0.15) is 48.4 Å². The van der Waals surface area contributed by atoms with E-state index in [-0.39, 0.29) is 24.7 Å². The van der Waals surface area contributed by atoms with E-state index in [9.17, 15) is 9.90 Å². The lowest BCUT2D eigenvalue weighted by molar-refractivity contribution is -0.145. The maximum Gasteiger partial charge on any atom is 0.312 e. The molecule has 29 heavy (non-hydrogen) atoms. The van der Waals surface area contributed by atoms with Crippen LogP contribution in [0.5, 0.6) is 11.5 Å². The summed E-state index contributed by atoms with van der Waals surface area (Å²) in [6.45, 7) is 2.87. The molecule has 1 aromatic carbocycles. The highest BCUT2D eigenvalue weighted by atomic mass is 16.5. The summed E-state index contributed by atoms with van der Waals surface area (Å²) in [4.78, 5) is 16.7. The van der Waals surface area contributed by atoms with Gasteiger partial charge in [-0.05, 0) is 67.8 Å². The number of carbonyl (C=O) groups excluding carboxylic acids is 1. The summed E-state index contributed by atoms with van der Waals surface area (Å²) in [5.41, 5.74) is 4.23. The van der Waals surface area contributed by atoms with Crippen LogP contribution >= 0.6 is 0 Å². The Hall–Kier alpha value is -2.60. The maximum absolute atomic E-state index is 11.9. The first-order chi connectivity index (χ1) is 14.2. The highest BCUT2D eigenvalue weighted by Gasteiger charge is 2.29. The predicted octanol–water partition coefficient (Wildman–Crippen LogP) is 3.31. The predicted molar refractivity (Wildman–Crippen MR) is 108 cm³/mol. The van der Waals surface area contributed by atoms with Crippen molar-refractivity contribution in [2.24, 2.45) is 5.92 Å². The molecule has 1 saturated heterocycles. The van der Waals surface area contributed by atoms with Crippen LogP contribution in [-0.4, -0.2) is 35.8 Å². The van der Waals surface area contributed by atoms with Gasteiger partial charge in [-0.15, -0.1) is 0 Å². The van der Waals surface area contributed by atoms with Crippen molar-refractivity contribution in [1.82, 2.24) is 10.3 Å². The largest absolute Gasteiger partial charge is 0.507 e. The van der Waals surface area contributed by atoms with Gasteiger partial charge in [0.25, 0.3) is 0 Å². The van der Waals surface area contributed by atoms with Gasteiger partial charge < -0.3 is 19.9 Å². The number of pyridine rings is 1. The minimum absolute atomic E-state index is 0.150. The van der Waals surface area contributed by atoms with Crippen LogP contribution < -0.4 is 10.1 Å². The number of cyclic esters (lactones) is 1. The molecule has 2 aromatic rings. The van der Waals surface area contributed by atoms with E-state index in [1.807, 2.05) is 6.07 Å². The molecule has 0 spiro atoms. The zero-order valence-corrected chi connectivity index (χ0v) is 16.4. The van der Waals surface area contributed by atoms with Crippen LogP contribution in [-0.2, 0) is 22.6 Å². The third-order valence-corrected chi connectivity index (χ3v) is 6.10. The fraction of sp³-hybridized carbons (Fsp3) is 0.478. The van der Waals surface area contributed by atoms with Crippen molar-refractivity contribution in [2.75, 3.05) is 19.7 Å². The van der Waals surface area contributed by atoms with Gasteiger partial charge in [-0.3, -0.25) is 9.78 Å². The lowest BCUT2D eigenvalue weighted by Gasteiger charge is -2.28. The molecule has 2 aliphatic heterocycles. The number of hydrogen-bond acceptors (Lipinski definition) is 6. The summed E-state index contributed by atoms with van der Waals surface area (Å²) in [5, 5.41) is 14.1. The molecule has 152 valence electrons. The molecule has 2 fully saturated rings. The number of esters is 1. The molecule has 1 aromatic heterocycles. The normalized spacial score (nSPS) is 21.4. The van der Waals surface area contributed by atoms with E-state index >= 15 is 0 Å². The number of hydrogen-bond donors (Lipinski definition) is 2. The van der Waals surface area contributed by atoms with Gasteiger partial charge in [0.1, 0.15) is 18.1 Å². The van der Waals surface area contributed by atoms with Gasteiger partial charge in [-0.25, -0.2) is 0 Å². The van der Waals surface area contributed by atoms with E-state index < -0.39 is 0 Å². The number of ether oxygens (including phenoxy) is 2. The van der Waals surface area contributed by atoms with E-state index in [1.54, 1.807) is 12.1 Å². The zero-order chi connectivity index (χ0) is 19.8. The topological polar surface area (TPSA) is 80.7 Å². The molecule has 1 saturated carbocycles. The first kappa shape index (κ1) is 18.4. The number of piperidine rings is 1. The average Bonchev–Trinajstić information content (AvgIpc) is 3.56. The number of fused-ring (bicyclic) bond motifs is 1. The van der Waals surface area contributed by atoms with E-state index in [1.165, 1.54) is 18.4 Å². The smallest absolute Gasteiger partial charge is 0.312 e. The van der Waals surface area contributed by atoms with Crippen molar-refractivity contribution in [3.63, 3.8) is 0 Å². The van der Waals surface area contributed by atoms with Gasteiger partial charge in [0.2, 0.25) is 0 Å². The quantitative estimate of drug-likeness (QED) is 0.758. The second kappa shape index (κ2) is 7.67. The average molecular weight is 394 g/mol. The Balaban J connectivity index is 1.59. The molecule has 0 radical (unpaired) electrons. The molecule has 6 heteroatoms. The second-order valence-electron chi connectivity index (χ2n) is 8.31. The van der Waals surface area contributed by atoms with Crippen LogP contribution in [0.4, 0.5) is 0 Å². The number of rotatable bonds is 5. The summed E-state index contributed by atoms with van der Waals surface area (Å²) in [5.74, 6) is 1.50. The summed E-state index contributed by atoms with van der Waals surface area (Å²) in [6.07, 6.45) is 4.77. The number of carbonyl (C=O) groups is 1. The summed E-state index contributed by atoms with van der Waals surface area (Å²) < 4.78 is 11.4. The lowest BCUT2D eigenvalue weighted by Crippen LogP contribution is -2.30. The van der Waals surface area contributed by atoms with E-state index in [2.05, 4.69) is 11.4 Å². The number of nitrogens with zero attached hydrogens (tertiary/aromatic N) is 1. The van der Waals surface area contributed by atoms with Gasteiger partial charge in [-0.2, -0.15) is 0 Å². The summed E-state index contributed by atoms with van der Waals surface area (Å²) >= 11 is 0. The molecule has 3 heterocycles. The summed E-state index contributed by atoms with van der Waals surface area (Å²) in [7, 11) is 0. The van der Waals surface area contributed by atoms with Crippen molar-refractivity contribution in [3.05, 3.63) is 41.1 Å².